The minimum absolute atomic E-state index is 0.161. The molecule has 0 radical (unpaired) electrons. The highest BCUT2D eigenvalue weighted by molar-refractivity contribution is 5.94. The minimum Gasteiger partial charge on any atom is -0.325 e. The fourth-order valence-electron chi connectivity index (χ4n) is 3.74. The van der Waals surface area contributed by atoms with Gasteiger partial charge in [0.2, 0.25) is 5.91 Å². The van der Waals surface area contributed by atoms with Crippen molar-refractivity contribution >= 4 is 23.3 Å². The predicted octanol–water partition coefficient (Wildman–Crippen LogP) is 3.79. The van der Waals surface area contributed by atoms with Crippen LogP contribution < -0.4 is 10.6 Å². The van der Waals surface area contributed by atoms with Crippen molar-refractivity contribution in [2.45, 2.75) is 13.0 Å². The predicted molar refractivity (Wildman–Crippen MR) is 122 cm³/mol. The van der Waals surface area contributed by atoms with E-state index in [-0.39, 0.29) is 18.0 Å². The Hall–Kier alpha value is -3.65. The van der Waals surface area contributed by atoms with E-state index in [4.69, 9.17) is 0 Å². The number of nitrogens with zero attached hydrogens (tertiary/aromatic N) is 3. The lowest BCUT2D eigenvalue weighted by molar-refractivity contribution is -0.121. The normalized spacial score (nSPS) is 15.2. The van der Waals surface area contributed by atoms with Gasteiger partial charge in [-0.2, -0.15) is 0 Å². The molecule has 0 bridgehead atoms. The minimum atomic E-state index is -0.394. The topological polar surface area (TPSA) is 69.6 Å². The monoisotopic (exact) mass is 435 g/mol. The Bertz CT molecular complexity index is 1080. The van der Waals surface area contributed by atoms with Crippen LogP contribution in [-0.4, -0.2) is 58.5 Å². The zero-order valence-electron chi connectivity index (χ0n) is 17.9. The number of benzene rings is 2. The zero-order chi connectivity index (χ0) is 22.5. The van der Waals surface area contributed by atoms with Gasteiger partial charge in [-0.15, -0.1) is 0 Å². The molecule has 0 saturated carbocycles. The molecule has 2 N–H and O–H groups in total. The second-order valence-corrected chi connectivity index (χ2v) is 7.77. The number of amides is 3. The maximum Gasteiger partial charge on any atom is 0.321 e. The van der Waals surface area contributed by atoms with E-state index in [1.54, 1.807) is 17.0 Å². The lowest BCUT2D eigenvalue weighted by Gasteiger charge is -2.37. The number of carbonyl (C=O) groups is 2. The van der Waals surface area contributed by atoms with E-state index >= 15 is 0 Å². The number of halogens is 1. The molecular formula is C24H26FN5O2. The molecule has 3 aromatic rings. The number of carbonyl (C=O) groups excluding carboxylic acids is 2. The van der Waals surface area contributed by atoms with Crippen molar-refractivity contribution in [3.63, 3.8) is 0 Å². The number of urea groups is 1. The van der Waals surface area contributed by atoms with Crippen LogP contribution in [0.4, 0.5) is 20.6 Å². The largest absolute Gasteiger partial charge is 0.325 e. The molecule has 3 amide bonds. The molecule has 1 aliphatic rings. The molecule has 1 aliphatic heterocycles. The Kier molecular flexibility index (Phi) is 6.51. The first-order valence-electron chi connectivity index (χ1n) is 10.6. The van der Waals surface area contributed by atoms with E-state index in [1.807, 2.05) is 65.2 Å². The van der Waals surface area contributed by atoms with Crippen LogP contribution in [0, 0.1) is 5.82 Å². The Balaban J connectivity index is 1.29. The molecule has 2 aromatic carbocycles. The van der Waals surface area contributed by atoms with Gasteiger partial charge in [0.15, 0.2) is 0 Å². The molecule has 2 heterocycles. The number of hydrogen-bond donors (Lipinski definition) is 2. The van der Waals surface area contributed by atoms with Gasteiger partial charge in [-0.1, -0.05) is 12.1 Å². The number of aromatic nitrogens is 1. The second-order valence-electron chi connectivity index (χ2n) is 7.77. The quantitative estimate of drug-likeness (QED) is 0.641. The van der Waals surface area contributed by atoms with Gasteiger partial charge < -0.3 is 20.1 Å². The number of anilines is 2. The van der Waals surface area contributed by atoms with Crippen molar-refractivity contribution in [3.05, 3.63) is 78.9 Å². The molecule has 7 nitrogen and oxygen atoms in total. The first-order chi connectivity index (χ1) is 15.5. The van der Waals surface area contributed by atoms with Gasteiger partial charge in [0.1, 0.15) is 5.82 Å². The van der Waals surface area contributed by atoms with E-state index in [1.165, 1.54) is 12.1 Å². The highest BCUT2D eigenvalue weighted by Gasteiger charge is 2.27. The molecule has 1 saturated heterocycles. The summed E-state index contributed by atoms with van der Waals surface area (Å²) in [7, 11) is 0. The van der Waals surface area contributed by atoms with Crippen molar-refractivity contribution in [1.82, 2.24) is 14.4 Å². The van der Waals surface area contributed by atoms with Crippen molar-refractivity contribution < 1.29 is 14.0 Å². The molecule has 0 aliphatic carbocycles. The van der Waals surface area contributed by atoms with Crippen molar-refractivity contribution in [2.24, 2.45) is 0 Å². The van der Waals surface area contributed by atoms with Crippen molar-refractivity contribution in [2.75, 3.05) is 36.8 Å². The maximum absolute atomic E-state index is 13.3. The summed E-state index contributed by atoms with van der Waals surface area (Å²) in [5.41, 5.74) is 2.13. The Labute approximate surface area is 186 Å². The SMILES string of the molecule is CC(C(=O)Nc1cccc(F)c1)N1CCN(C(=O)Nc2cccc(-n3cccc3)c2)CC1. The van der Waals surface area contributed by atoms with Crippen LogP contribution >= 0.6 is 0 Å². The van der Waals surface area contributed by atoms with E-state index in [2.05, 4.69) is 10.6 Å². The summed E-state index contributed by atoms with van der Waals surface area (Å²) in [4.78, 5) is 29.0. The van der Waals surface area contributed by atoms with Crippen LogP contribution in [0.1, 0.15) is 6.92 Å². The molecule has 1 atom stereocenters. The Morgan fingerprint density at radius 1 is 0.875 bits per heavy atom. The van der Waals surface area contributed by atoms with Gasteiger partial charge in [0, 0.05) is 55.6 Å². The second kappa shape index (κ2) is 9.65. The molecular weight excluding hydrogens is 409 g/mol. The summed E-state index contributed by atoms with van der Waals surface area (Å²) in [6.07, 6.45) is 3.90. The van der Waals surface area contributed by atoms with Crippen molar-refractivity contribution in [3.8, 4) is 5.69 Å². The highest BCUT2D eigenvalue weighted by atomic mass is 19.1. The highest BCUT2D eigenvalue weighted by Crippen LogP contribution is 2.17. The average molecular weight is 436 g/mol. The van der Waals surface area contributed by atoms with Crippen LogP contribution in [0.5, 0.6) is 0 Å². The smallest absolute Gasteiger partial charge is 0.321 e. The van der Waals surface area contributed by atoms with Crippen LogP contribution in [-0.2, 0) is 4.79 Å². The molecule has 166 valence electrons. The first kappa shape index (κ1) is 21.6. The molecule has 32 heavy (non-hydrogen) atoms. The fourth-order valence-corrected chi connectivity index (χ4v) is 3.74. The summed E-state index contributed by atoms with van der Waals surface area (Å²) < 4.78 is 15.3. The molecule has 0 spiro atoms. The van der Waals surface area contributed by atoms with Gasteiger partial charge in [-0.05, 0) is 55.5 Å². The van der Waals surface area contributed by atoms with Crippen LogP contribution in [0.15, 0.2) is 73.1 Å². The van der Waals surface area contributed by atoms with E-state index in [9.17, 15) is 14.0 Å². The van der Waals surface area contributed by atoms with Crippen LogP contribution in [0.25, 0.3) is 5.69 Å². The van der Waals surface area contributed by atoms with Gasteiger partial charge in [-0.3, -0.25) is 9.69 Å². The van der Waals surface area contributed by atoms with Gasteiger partial charge in [0.05, 0.1) is 6.04 Å². The zero-order valence-corrected chi connectivity index (χ0v) is 17.9. The van der Waals surface area contributed by atoms with E-state index < -0.39 is 5.82 Å². The third kappa shape index (κ3) is 5.15. The molecule has 1 unspecified atom stereocenters. The summed E-state index contributed by atoms with van der Waals surface area (Å²) in [5.74, 6) is -0.593. The molecule has 8 heteroatoms. The maximum atomic E-state index is 13.3. The van der Waals surface area contributed by atoms with Gasteiger partial charge >= 0.3 is 6.03 Å². The number of piperazine rings is 1. The molecule has 1 aromatic heterocycles. The third-order valence-electron chi connectivity index (χ3n) is 5.62. The average Bonchev–Trinajstić information content (AvgIpc) is 3.34. The Morgan fingerprint density at radius 2 is 1.53 bits per heavy atom. The van der Waals surface area contributed by atoms with E-state index in [0.29, 0.717) is 31.9 Å². The number of nitrogens with one attached hydrogen (secondary N) is 2. The van der Waals surface area contributed by atoms with E-state index in [0.717, 1.165) is 11.4 Å². The van der Waals surface area contributed by atoms with Crippen LogP contribution in [0.2, 0.25) is 0 Å². The standard InChI is InChI=1S/C24H26FN5O2/c1-18(23(31)26-20-7-4-6-19(25)16-20)28-12-14-30(15-13-28)24(32)27-21-8-5-9-22(17-21)29-10-2-3-11-29/h2-11,16-18H,12-15H2,1H3,(H,26,31)(H,27,32). The Morgan fingerprint density at radius 3 is 2.22 bits per heavy atom. The number of rotatable bonds is 5. The van der Waals surface area contributed by atoms with Gasteiger partial charge in [0.25, 0.3) is 0 Å². The van der Waals surface area contributed by atoms with Crippen LogP contribution in [0.3, 0.4) is 0 Å². The van der Waals surface area contributed by atoms with Gasteiger partial charge in [-0.25, -0.2) is 9.18 Å². The third-order valence-corrected chi connectivity index (χ3v) is 5.62. The summed E-state index contributed by atoms with van der Waals surface area (Å²) >= 11 is 0. The summed E-state index contributed by atoms with van der Waals surface area (Å²) in [6, 6.07) is 16.8. The summed E-state index contributed by atoms with van der Waals surface area (Å²) in [5, 5.41) is 5.71. The fraction of sp³-hybridized carbons (Fsp3) is 0.250. The van der Waals surface area contributed by atoms with Crippen molar-refractivity contribution in [1.29, 1.82) is 0 Å². The lowest BCUT2D eigenvalue weighted by atomic mass is 10.2. The molecule has 4 rings (SSSR count). The lowest BCUT2D eigenvalue weighted by Crippen LogP contribution is -2.54. The first-order valence-corrected chi connectivity index (χ1v) is 10.6. The molecule has 1 fully saturated rings. The summed E-state index contributed by atoms with van der Waals surface area (Å²) in [6.45, 7) is 4.00. The number of hydrogen-bond acceptors (Lipinski definition) is 3.